The lowest BCUT2D eigenvalue weighted by Gasteiger charge is -2.35. The predicted molar refractivity (Wildman–Crippen MR) is 67.8 cm³/mol. The molecule has 0 aromatic carbocycles. The second-order valence-electron chi connectivity index (χ2n) is 4.95. The van der Waals surface area contributed by atoms with Crippen molar-refractivity contribution in [2.45, 2.75) is 19.9 Å². The van der Waals surface area contributed by atoms with E-state index >= 15 is 0 Å². The third-order valence-corrected chi connectivity index (χ3v) is 3.27. The lowest BCUT2D eigenvalue weighted by molar-refractivity contribution is -0.143. The van der Waals surface area contributed by atoms with Crippen molar-refractivity contribution in [1.82, 2.24) is 9.80 Å². The van der Waals surface area contributed by atoms with Gasteiger partial charge in [-0.15, -0.1) is 0 Å². The van der Waals surface area contributed by atoms with Gasteiger partial charge in [-0.25, -0.2) is 0 Å². The molecule has 1 fully saturated rings. The van der Waals surface area contributed by atoms with Crippen molar-refractivity contribution in [2.24, 2.45) is 11.7 Å². The van der Waals surface area contributed by atoms with Crippen LogP contribution in [0, 0.1) is 5.92 Å². The highest BCUT2D eigenvalue weighted by atomic mass is 16.5. The van der Waals surface area contributed by atoms with Crippen molar-refractivity contribution in [3.63, 3.8) is 0 Å². The van der Waals surface area contributed by atoms with Gasteiger partial charge in [0.25, 0.3) is 0 Å². The maximum absolute atomic E-state index is 12.0. The van der Waals surface area contributed by atoms with Crippen molar-refractivity contribution < 1.29 is 14.3 Å². The monoisotopic (exact) mass is 257 g/mol. The zero-order valence-corrected chi connectivity index (χ0v) is 11.4. The van der Waals surface area contributed by atoms with Gasteiger partial charge < -0.3 is 15.4 Å². The molecule has 1 heterocycles. The second-order valence-corrected chi connectivity index (χ2v) is 4.95. The number of hydrogen-bond donors (Lipinski definition) is 1. The molecule has 0 aliphatic carbocycles. The molecule has 0 aromatic heterocycles. The maximum atomic E-state index is 12.0. The highest BCUT2D eigenvalue weighted by Gasteiger charge is 2.27. The molecule has 0 radical (unpaired) electrons. The molecule has 0 bridgehead atoms. The Balaban J connectivity index is 2.39. The van der Waals surface area contributed by atoms with E-state index in [0.29, 0.717) is 26.2 Å². The van der Waals surface area contributed by atoms with E-state index in [9.17, 15) is 9.59 Å². The summed E-state index contributed by atoms with van der Waals surface area (Å²) in [5.74, 6) is -0.0954. The van der Waals surface area contributed by atoms with Crippen LogP contribution in [-0.2, 0) is 14.3 Å². The van der Waals surface area contributed by atoms with E-state index in [-0.39, 0.29) is 24.3 Å². The zero-order valence-electron chi connectivity index (χ0n) is 11.4. The smallest absolute Gasteiger partial charge is 0.319 e. The zero-order chi connectivity index (χ0) is 13.7. The Hall–Kier alpha value is -1.14. The Kier molecular flexibility index (Phi) is 5.55. The fourth-order valence-electron chi connectivity index (χ4n) is 1.87. The minimum atomic E-state index is -0.433. The number of ether oxygens (including phenoxy) is 1. The molecule has 18 heavy (non-hydrogen) atoms. The van der Waals surface area contributed by atoms with Crippen LogP contribution in [0.5, 0.6) is 0 Å². The molecule has 1 unspecified atom stereocenters. The van der Waals surface area contributed by atoms with Gasteiger partial charge in [-0.3, -0.25) is 14.5 Å². The van der Waals surface area contributed by atoms with Crippen LogP contribution in [-0.4, -0.2) is 67.6 Å². The van der Waals surface area contributed by atoms with E-state index in [1.807, 2.05) is 18.7 Å². The Labute approximate surface area is 108 Å². The molecule has 0 aromatic rings. The van der Waals surface area contributed by atoms with Gasteiger partial charge >= 0.3 is 5.97 Å². The van der Waals surface area contributed by atoms with Crippen molar-refractivity contribution in [1.29, 1.82) is 0 Å². The Morgan fingerprint density at radius 2 is 1.78 bits per heavy atom. The maximum Gasteiger partial charge on any atom is 0.319 e. The van der Waals surface area contributed by atoms with Crippen LogP contribution in [0.4, 0.5) is 0 Å². The number of amides is 1. The van der Waals surface area contributed by atoms with Crippen LogP contribution in [0.1, 0.15) is 13.8 Å². The fraction of sp³-hybridized carbons (Fsp3) is 0.833. The second kappa shape index (κ2) is 6.70. The normalized spacial score (nSPS) is 18.8. The fourth-order valence-corrected chi connectivity index (χ4v) is 1.87. The van der Waals surface area contributed by atoms with E-state index in [4.69, 9.17) is 5.73 Å². The molecular formula is C12H23N3O3. The van der Waals surface area contributed by atoms with Gasteiger partial charge in [0.1, 0.15) is 0 Å². The highest BCUT2D eigenvalue weighted by Crippen LogP contribution is 2.07. The van der Waals surface area contributed by atoms with Gasteiger partial charge in [-0.05, 0) is 5.92 Å². The van der Waals surface area contributed by atoms with Gasteiger partial charge in [-0.1, -0.05) is 13.8 Å². The predicted octanol–water partition coefficient (Wildman–Crippen LogP) is -0.713. The van der Waals surface area contributed by atoms with Crippen molar-refractivity contribution in [2.75, 3.05) is 39.8 Å². The number of carbonyl (C=O) groups excluding carboxylic acids is 2. The summed E-state index contributed by atoms with van der Waals surface area (Å²) < 4.78 is 4.62. The van der Waals surface area contributed by atoms with E-state index in [1.165, 1.54) is 7.11 Å². The van der Waals surface area contributed by atoms with Crippen molar-refractivity contribution in [3.8, 4) is 0 Å². The van der Waals surface area contributed by atoms with Gasteiger partial charge in [0.2, 0.25) is 5.91 Å². The van der Waals surface area contributed by atoms with Crippen LogP contribution in [0.3, 0.4) is 0 Å². The molecule has 6 nitrogen and oxygen atoms in total. The van der Waals surface area contributed by atoms with Gasteiger partial charge in [0, 0.05) is 26.2 Å². The lowest BCUT2D eigenvalue weighted by Crippen LogP contribution is -2.54. The van der Waals surface area contributed by atoms with Gasteiger partial charge in [0.15, 0.2) is 0 Å². The number of esters is 1. The molecule has 1 aliphatic heterocycles. The minimum Gasteiger partial charge on any atom is -0.468 e. The van der Waals surface area contributed by atoms with Crippen LogP contribution in [0.2, 0.25) is 0 Å². The summed E-state index contributed by atoms with van der Waals surface area (Å²) in [6, 6.07) is -0.433. The quantitative estimate of drug-likeness (QED) is 0.673. The van der Waals surface area contributed by atoms with Crippen LogP contribution < -0.4 is 5.73 Å². The molecule has 1 aliphatic rings. The minimum absolute atomic E-state index is 0.00252. The number of piperazine rings is 1. The number of carbonyl (C=O) groups is 2. The lowest BCUT2D eigenvalue weighted by atomic mass is 10.0. The number of nitrogens with two attached hydrogens (primary N) is 1. The summed E-state index contributed by atoms with van der Waals surface area (Å²) in [6.07, 6.45) is 0. The molecule has 1 amide bonds. The summed E-state index contributed by atoms with van der Waals surface area (Å²) in [6.45, 7) is 6.78. The molecule has 0 saturated carbocycles. The number of methoxy groups -OCH3 is 1. The van der Waals surface area contributed by atoms with Crippen LogP contribution in [0.15, 0.2) is 0 Å². The molecule has 2 N–H and O–H groups in total. The third-order valence-electron chi connectivity index (χ3n) is 3.27. The SMILES string of the molecule is COC(=O)CN1CCN(C(=O)C(N)C(C)C)CC1. The number of nitrogens with zero attached hydrogens (tertiary/aromatic N) is 2. The largest absolute Gasteiger partial charge is 0.468 e. The van der Waals surface area contributed by atoms with Crippen molar-refractivity contribution in [3.05, 3.63) is 0 Å². The Bertz CT molecular complexity index is 299. The first-order chi connectivity index (χ1) is 8.45. The standard InChI is InChI=1S/C12H23N3O3/c1-9(2)11(13)12(17)15-6-4-14(5-7-15)8-10(16)18-3/h9,11H,4-8,13H2,1-3H3. The van der Waals surface area contributed by atoms with Crippen molar-refractivity contribution >= 4 is 11.9 Å². The molecule has 1 saturated heterocycles. The Morgan fingerprint density at radius 1 is 1.22 bits per heavy atom. The molecular weight excluding hydrogens is 234 g/mol. The van der Waals surface area contributed by atoms with Crippen LogP contribution >= 0.6 is 0 Å². The highest BCUT2D eigenvalue weighted by molar-refractivity contribution is 5.82. The topological polar surface area (TPSA) is 75.9 Å². The van der Waals surface area contributed by atoms with E-state index in [0.717, 1.165) is 0 Å². The summed E-state index contributed by atoms with van der Waals surface area (Å²) in [5, 5.41) is 0. The van der Waals surface area contributed by atoms with E-state index < -0.39 is 6.04 Å². The van der Waals surface area contributed by atoms with Gasteiger partial charge in [0.05, 0.1) is 19.7 Å². The Morgan fingerprint density at radius 3 is 2.22 bits per heavy atom. The summed E-state index contributed by atoms with van der Waals surface area (Å²) in [5.41, 5.74) is 5.85. The summed E-state index contributed by atoms with van der Waals surface area (Å²) >= 11 is 0. The summed E-state index contributed by atoms with van der Waals surface area (Å²) in [7, 11) is 1.38. The molecule has 1 atom stereocenters. The molecule has 1 rings (SSSR count). The molecule has 6 heteroatoms. The van der Waals surface area contributed by atoms with E-state index in [2.05, 4.69) is 4.74 Å². The summed E-state index contributed by atoms with van der Waals surface area (Å²) in [4.78, 5) is 26.9. The average Bonchev–Trinajstić information content (AvgIpc) is 2.37. The average molecular weight is 257 g/mol. The first-order valence-corrected chi connectivity index (χ1v) is 6.29. The van der Waals surface area contributed by atoms with Crippen LogP contribution in [0.25, 0.3) is 0 Å². The first kappa shape index (κ1) is 14.9. The molecule has 0 spiro atoms. The van der Waals surface area contributed by atoms with E-state index in [1.54, 1.807) is 4.90 Å². The third kappa shape index (κ3) is 3.96. The molecule has 104 valence electrons. The first-order valence-electron chi connectivity index (χ1n) is 6.29. The number of hydrogen-bond acceptors (Lipinski definition) is 5. The number of rotatable bonds is 4. The van der Waals surface area contributed by atoms with Gasteiger partial charge in [-0.2, -0.15) is 0 Å².